The number of benzene rings is 2. The number of carbonyl (C=O) groups is 4. The van der Waals surface area contributed by atoms with Gasteiger partial charge < -0.3 is 15.0 Å². The second kappa shape index (κ2) is 10.0. The van der Waals surface area contributed by atoms with Crippen LogP contribution in [0.4, 0.5) is 0 Å². The molecular weight excluding hydrogens is 408 g/mol. The molecule has 1 amide bonds. The molecule has 2 aromatic carbocycles. The van der Waals surface area contributed by atoms with Crippen molar-refractivity contribution < 1.29 is 23.9 Å². The molecule has 166 valence electrons. The summed E-state index contributed by atoms with van der Waals surface area (Å²) in [5.74, 6) is -1.52. The molecule has 0 atom stereocenters. The maximum atomic E-state index is 13.3. The Morgan fingerprint density at radius 1 is 0.938 bits per heavy atom. The van der Waals surface area contributed by atoms with Crippen LogP contribution < -0.4 is 5.32 Å². The molecule has 0 aliphatic heterocycles. The van der Waals surface area contributed by atoms with Gasteiger partial charge in [0.15, 0.2) is 0 Å². The van der Waals surface area contributed by atoms with Crippen LogP contribution in [0, 0.1) is 5.92 Å². The van der Waals surface area contributed by atoms with Crippen molar-refractivity contribution in [3.8, 4) is 0 Å². The van der Waals surface area contributed by atoms with Crippen molar-refractivity contribution in [2.45, 2.75) is 20.8 Å². The zero-order valence-electron chi connectivity index (χ0n) is 18.4. The monoisotopic (exact) mass is 434 g/mol. The first-order valence-corrected chi connectivity index (χ1v) is 10.5. The third kappa shape index (κ3) is 4.94. The fourth-order valence-corrected chi connectivity index (χ4v) is 3.40. The van der Waals surface area contributed by atoms with Crippen molar-refractivity contribution >= 4 is 23.4 Å². The molecule has 0 bridgehead atoms. The Kier molecular flexibility index (Phi) is 7.20. The Hall–Kier alpha value is -3.74. The molecular formula is C25H26N2O5. The lowest BCUT2D eigenvalue weighted by Gasteiger charge is -2.29. The van der Waals surface area contributed by atoms with Gasteiger partial charge in [-0.05, 0) is 18.1 Å². The fourth-order valence-electron chi connectivity index (χ4n) is 3.40. The van der Waals surface area contributed by atoms with Crippen LogP contribution in [0.25, 0.3) is 0 Å². The second-order valence-electron chi connectivity index (χ2n) is 7.87. The Labute approximate surface area is 187 Å². The van der Waals surface area contributed by atoms with E-state index in [0.29, 0.717) is 17.7 Å². The van der Waals surface area contributed by atoms with Crippen molar-refractivity contribution in [1.29, 1.82) is 0 Å². The van der Waals surface area contributed by atoms with Crippen LogP contribution >= 0.6 is 0 Å². The van der Waals surface area contributed by atoms with Gasteiger partial charge in [-0.2, -0.15) is 0 Å². The molecule has 7 heteroatoms. The third-order valence-corrected chi connectivity index (χ3v) is 4.99. The molecule has 0 saturated heterocycles. The van der Waals surface area contributed by atoms with Gasteiger partial charge >= 0.3 is 5.97 Å². The standard InChI is InChI=1S/C25H26N2O5/c1-16(2)15-26-21-22(24(30)20-12-8-7-11-19(20)23(21)29)27(17(3)28)13-14-32-25(31)18-9-5-4-6-10-18/h4-12,16,26H,13-15H2,1-3H3. The number of ketones is 2. The lowest BCUT2D eigenvalue weighted by Crippen LogP contribution is -2.42. The summed E-state index contributed by atoms with van der Waals surface area (Å²) in [5, 5.41) is 3.06. The maximum absolute atomic E-state index is 13.3. The van der Waals surface area contributed by atoms with Gasteiger partial charge in [0.1, 0.15) is 18.0 Å². The molecule has 3 rings (SSSR count). The molecule has 7 nitrogen and oxygen atoms in total. The first-order valence-electron chi connectivity index (χ1n) is 10.5. The van der Waals surface area contributed by atoms with E-state index in [1.54, 1.807) is 54.6 Å². The highest BCUT2D eigenvalue weighted by Gasteiger charge is 2.36. The molecule has 0 heterocycles. The average Bonchev–Trinajstić information content (AvgIpc) is 2.79. The van der Waals surface area contributed by atoms with Crippen molar-refractivity contribution in [2.75, 3.05) is 19.7 Å². The number of ether oxygens (including phenoxy) is 1. The van der Waals surface area contributed by atoms with Crippen LogP contribution in [0.3, 0.4) is 0 Å². The number of carbonyl (C=O) groups excluding carboxylic acids is 4. The number of hydrogen-bond donors (Lipinski definition) is 1. The normalized spacial score (nSPS) is 13.1. The third-order valence-electron chi connectivity index (χ3n) is 4.99. The topological polar surface area (TPSA) is 92.8 Å². The Morgan fingerprint density at radius 3 is 2.12 bits per heavy atom. The van der Waals surface area contributed by atoms with Gasteiger partial charge in [-0.1, -0.05) is 56.3 Å². The molecule has 0 radical (unpaired) electrons. The highest BCUT2D eigenvalue weighted by molar-refractivity contribution is 6.27. The molecule has 1 N–H and O–H groups in total. The minimum Gasteiger partial charge on any atom is -0.460 e. The predicted octanol–water partition coefficient (Wildman–Crippen LogP) is 3.23. The Balaban J connectivity index is 1.89. The molecule has 0 saturated carbocycles. The van der Waals surface area contributed by atoms with Crippen LogP contribution in [0.2, 0.25) is 0 Å². The van der Waals surface area contributed by atoms with E-state index < -0.39 is 17.7 Å². The largest absolute Gasteiger partial charge is 0.460 e. The summed E-state index contributed by atoms with van der Waals surface area (Å²) in [7, 11) is 0. The van der Waals surface area contributed by atoms with Gasteiger partial charge in [0, 0.05) is 24.6 Å². The summed E-state index contributed by atoms with van der Waals surface area (Å²) in [6.07, 6.45) is 0. The summed E-state index contributed by atoms with van der Waals surface area (Å²) >= 11 is 0. The Bertz CT molecular complexity index is 1070. The van der Waals surface area contributed by atoms with E-state index in [-0.39, 0.29) is 41.8 Å². The van der Waals surface area contributed by atoms with Crippen LogP contribution in [0.1, 0.15) is 51.8 Å². The summed E-state index contributed by atoms with van der Waals surface area (Å²) in [4.78, 5) is 52.4. The van der Waals surface area contributed by atoms with Crippen LogP contribution in [0.15, 0.2) is 66.0 Å². The smallest absolute Gasteiger partial charge is 0.338 e. The zero-order chi connectivity index (χ0) is 23.3. The van der Waals surface area contributed by atoms with E-state index in [1.807, 2.05) is 13.8 Å². The first kappa shape index (κ1) is 22.9. The number of nitrogens with zero attached hydrogens (tertiary/aromatic N) is 1. The van der Waals surface area contributed by atoms with Gasteiger partial charge in [-0.3, -0.25) is 14.4 Å². The van der Waals surface area contributed by atoms with Gasteiger partial charge in [0.2, 0.25) is 17.5 Å². The number of nitrogens with one attached hydrogen (secondary N) is 1. The zero-order valence-corrected chi connectivity index (χ0v) is 18.4. The van der Waals surface area contributed by atoms with Crippen molar-refractivity contribution in [3.63, 3.8) is 0 Å². The number of amides is 1. The molecule has 0 spiro atoms. The van der Waals surface area contributed by atoms with Crippen LogP contribution in [0.5, 0.6) is 0 Å². The minimum atomic E-state index is -0.530. The number of allylic oxidation sites excluding steroid dienone is 2. The van der Waals surface area contributed by atoms with E-state index in [9.17, 15) is 19.2 Å². The van der Waals surface area contributed by atoms with E-state index in [1.165, 1.54) is 11.8 Å². The summed E-state index contributed by atoms with van der Waals surface area (Å²) in [6.45, 7) is 5.53. The van der Waals surface area contributed by atoms with Gasteiger partial charge in [0.05, 0.1) is 12.1 Å². The lowest BCUT2D eigenvalue weighted by atomic mass is 9.89. The summed E-state index contributed by atoms with van der Waals surface area (Å²) in [5.41, 5.74) is 1.00. The minimum absolute atomic E-state index is 0.0161. The quantitative estimate of drug-likeness (QED) is 0.642. The molecule has 1 aliphatic rings. The molecule has 2 aromatic rings. The van der Waals surface area contributed by atoms with E-state index in [4.69, 9.17) is 4.74 Å². The molecule has 0 fully saturated rings. The van der Waals surface area contributed by atoms with Crippen molar-refractivity contribution in [1.82, 2.24) is 10.2 Å². The highest BCUT2D eigenvalue weighted by Crippen LogP contribution is 2.27. The van der Waals surface area contributed by atoms with E-state index >= 15 is 0 Å². The molecule has 1 aliphatic carbocycles. The number of Topliss-reactive ketones (excluding diaryl/α,β-unsaturated/α-hetero) is 2. The van der Waals surface area contributed by atoms with Crippen molar-refractivity contribution in [2.24, 2.45) is 5.92 Å². The average molecular weight is 434 g/mol. The molecule has 32 heavy (non-hydrogen) atoms. The molecule has 0 unspecified atom stereocenters. The van der Waals surface area contributed by atoms with Crippen LogP contribution in [-0.4, -0.2) is 48.0 Å². The van der Waals surface area contributed by atoms with Gasteiger partial charge in [0.25, 0.3) is 0 Å². The SMILES string of the molecule is CC(=O)N(CCOC(=O)c1ccccc1)C1=C(NCC(C)C)C(=O)c2ccccc2C1=O. The molecule has 0 aromatic heterocycles. The fraction of sp³-hybridized carbons (Fsp3) is 0.280. The van der Waals surface area contributed by atoms with E-state index in [0.717, 1.165) is 0 Å². The summed E-state index contributed by atoms with van der Waals surface area (Å²) in [6, 6.07) is 15.0. The van der Waals surface area contributed by atoms with Gasteiger partial charge in [-0.25, -0.2) is 4.79 Å². The van der Waals surface area contributed by atoms with Crippen molar-refractivity contribution in [3.05, 3.63) is 82.7 Å². The number of esters is 1. The second-order valence-corrected chi connectivity index (χ2v) is 7.87. The lowest BCUT2D eigenvalue weighted by molar-refractivity contribution is -0.127. The predicted molar refractivity (Wildman–Crippen MR) is 119 cm³/mol. The number of fused-ring (bicyclic) bond motifs is 1. The maximum Gasteiger partial charge on any atom is 0.338 e. The number of rotatable bonds is 8. The first-order chi connectivity index (χ1) is 15.3. The van der Waals surface area contributed by atoms with E-state index in [2.05, 4.69) is 5.32 Å². The summed E-state index contributed by atoms with van der Waals surface area (Å²) < 4.78 is 5.29. The Morgan fingerprint density at radius 2 is 1.53 bits per heavy atom. The van der Waals surface area contributed by atoms with Gasteiger partial charge in [-0.15, -0.1) is 0 Å². The number of hydrogen-bond acceptors (Lipinski definition) is 6. The highest BCUT2D eigenvalue weighted by atomic mass is 16.5. The van der Waals surface area contributed by atoms with Crippen LogP contribution in [-0.2, 0) is 9.53 Å².